The molecule has 0 radical (unpaired) electrons. The molecule has 2 heterocycles. The second kappa shape index (κ2) is 5.55. The number of nitrogens with two attached hydrogens (primary N) is 1. The third kappa shape index (κ3) is 3.43. The minimum Gasteiger partial charge on any atom is -0.373 e. The molecule has 2 unspecified atom stereocenters. The Balaban J connectivity index is 2.46. The fraction of sp³-hybridized carbons (Fsp3) is 0.556. The molecule has 21 heavy (non-hydrogen) atoms. The lowest BCUT2D eigenvalue weighted by molar-refractivity contribution is -0.136. The van der Waals surface area contributed by atoms with Crippen molar-refractivity contribution in [2.24, 2.45) is 5.14 Å². The first-order valence-corrected chi connectivity index (χ1v) is 9.73. The highest BCUT2D eigenvalue weighted by Crippen LogP contribution is 2.39. The van der Waals surface area contributed by atoms with E-state index in [4.69, 9.17) is 15.4 Å². The summed E-state index contributed by atoms with van der Waals surface area (Å²) in [5, 5.41) is 34.5. The average Bonchev–Trinajstić information content (AvgIpc) is 2.78. The lowest BCUT2D eigenvalue weighted by atomic mass is 10.1. The van der Waals surface area contributed by atoms with Crippen LogP contribution in [0.1, 0.15) is 18.0 Å². The van der Waals surface area contributed by atoms with Gasteiger partial charge in [0.2, 0.25) is 10.0 Å². The molecule has 1 aliphatic rings. The molecule has 1 aromatic heterocycles. The number of aliphatic hydroxyl groups is 3. The second-order valence-electron chi connectivity index (χ2n) is 4.54. The highest BCUT2D eigenvalue weighted by Gasteiger charge is 2.35. The van der Waals surface area contributed by atoms with Gasteiger partial charge in [-0.15, -0.1) is 11.3 Å². The molecule has 0 aliphatic carbocycles. The quantitative estimate of drug-likeness (QED) is 0.379. The Hall–Kier alpha value is -0.600. The summed E-state index contributed by atoms with van der Waals surface area (Å²) in [5.74, 6) is -0.253. The van der Waals surface area contributed by atoms with Crippen LogP contribution in [0.5, 0.6) is 0 Å². The van der Waals surface area contributed by atoms with Gasteiger partial charge in [-0.1, -0.05) is 0 Å². The lowest BCUT2D eigenvalue weighted by Crippen LogP contribution is -2.43. The summed E-state index contributed by atoms with van der Waals surface area (Å²) in [5.41, 5.74) is 0.148. The summed E-state index contributed by atoms with van der Waals surface area (Å²) in [7, 11) is -7.67. The molecule has 0 bridgehead atoms. The van der Waals surface area contributed by atoms with Gasteiger partial charge < -0.3 is 15.3 Å². The zero-order valence-electron chi connectivity index (χ0n) is 10.5. The van der Waals surface area contributed by atoms with E-state index >= 15 is 0 Å². The summed E-state index contributed by atoms with van der Waals surface area (Å²) >= 11 is 0.541. The molecule has 2 atom stereocenters. The zero-order chi connectivity index (χ0) is 16.0. The van der Waals surface area contributed by atoms with Crippen LogP contribution in [0, 0.1) is 0 Å². The molecular weight excluding hydrogens is 344 g/mol. The summed E-state index contributed by atoms with van der Waals surface area (Å²) in [6.07, 6.45) is -3.69. The Bertz CT molecular complexity index is 737. The van der Waals surface area contributed by atoms with Crippen molar-refractivity contribution in [2.45, 2.75) is 33.4 Å². The molecule has 6 N–H and O–H groups in total. The van der Waals surface area contributed by atoms with E-state index in [0.717, 1.165) is 6.07 Å². The first-order valence-electron chi connectivity index (χ1n) is 5.72. The van der Waals surface area contributed by atoms with Gasteiger partial charge in [-0.25, -0.2) is 22.0 Å². The van der Waals surface area contributed by atoms with Gasteiger partial charge in [-0.2, -0.15) is 0 Å². The number of sulfonamides is 1. The van der Waals surface area contributed by atoms with E-state index in [-0.39, 0.29) is 26.2 Å². The number of hydrogen-bond acceptors (Lipinski definition) is 9. The molecule has 12 heteroatoms. The molecule has 120 valence electrons. The summed E-state index contributed by atoms with van der Waals surface area (Å²) in [6, 6.07) is 0.396. The van der Waals surface area contributed by atoms with Gasteiger partial charge in [0.25, 0.3) is 0 Å². The van der Waals surface area contributed by atoms with E-state index in [0.29, 0.717) is 11.3 Å². The number of sulfone groups is 1. The van der Waals surface area contributed by atoms with Crippen LogP contribution in [-0.4, -0.2) is 50.4 Å². The first-order chi connectivity index (χ1) is 9.52. The average molecular weight is 358 g/mol. The predicted molar refractivity (Wildman–Crippen MR) is 72.5 cm³/mol. The molecule has 0 saturated heterocycles. The molecule has 0 fully saturated rings. The molecular formula is C9H14N2O7S3. The van der Waals surface area contributed by atoms with Crippen molar-refractivity contribution >= 4 is 31.2 Å². The highest BCUT2D eigenvalue weighted by atomic mass is 32.3. The van der Waals surface area contributed by atoms with Crippen LogP contribution in [0.2, 0.25) is 0 Å². The molecule has 0 spiro atoms. The summed E-state index contributed by atoms with van der Waals surface area (Å²) in [6.45, 7) is 0. The molecule has 0 amide bonds. The number of fused-ring (bicyclic) bond motifs is 1. The highest BCUT2D eigenvalue weighted by molar-refractivity contribution is 7.95. The molecule has 1 aliphatic heterocycles. The number of primary sulfonamides is 1. The van der Waals surface area contributed by atoms with Crippen molar-refractivity contribution in [1.29, 1.82) is 0 Å². The van der Waals surface area contributed by atoms with Crippen molar-refractivity contribution in [2.75, 3.05) is 5.75 Å². The fourth-order valence-electron chi connectivity index (χ4n) is 1.98. The fourth-order valence-corrected chi connectivity index (χ4v) is 6.15. The summed E-state index contributed by atoms with van der Waals surface area (Å²) < 4.78 is 46.2. The molecule has 1 aromatic rings. The predicted octanol–water partition coefficient (Wildman–Crippen LogP) is -2.17. The Morgan fingerprint density at radius 1 is 1.38 bits per heavy atom. The van der Waals surface area contributed by atoms with Crippen molar-refractivity contribution < 1.29 is 32.2 Å². The number of thiophene rings is 1. The number of aliphatic hydroxyl groups excluding tert-OH is 2. The van der Waals surface area contributed by atoms with E-state index in [1.165, 1.54) is 0 Å². The van der Waals surface area contributed by atoms with Crippen LogP contribution in [-0.2, 0) is 19.9 Å². The van der Waals surface area contributed by atoms with E-state index in [9.17, 15) is 21.9 Å². The molecule has 0 saturated carbocycles. The maximum atomic E-state index is 12.0. The maximum absolute atomic E-state index is 12.0. The van der Waals surface area contributed by atoms with E-state index in [2.05, 4.69) is 5.32 Å². The topological polar surface area (TPSA) is 167 Å². The third-order valence-corrected chi connectivity index (χ3v) is 7.92. The number of hydrogen-bond donors (Lipinski definition) is 5. The van der Waals surface area contributed by atoms with E-state index in [1.807, 2.05) is 0 Å². The van der Waals surface area contributed by atoms with Crippen molar-refractivity contribution in [3.8, 4) is 0 Å². The third-order valence-electron chi connectivity index (χ3n) is 2.97. The van der Waals surface area contributed by atoms with E-state index in [1.54, 1.807) is 0 Å². The SMILES string of the molecule is NS(=O)(=O)c1cc2c(s1)S(=O)(=O)CCC2NC(O)C(O)O. The smallest absolute Gasteiger partial charge is 0.247 e. The normalized spacial score (nSPS) is 23.0. The van der Waals surface area contributed by atoms with Crippen LogP contribution in [0.4, 0.5) is 0 Å². The van der Waals surface area contributed by atoms with Gasteiger partial charge in [-0.3, -0.25) is 5.32 Å². The Kier molecular flexibility index (Phi) is 4.43. The summed E-state index contributed by atoms with van der Waals surface area (Å²) in [4.78, 5) is 0. The van der Waals surface area contributed by atoms with Crippen LogP contribution >= 0.6 is 11.3 Å². The van der Waals surface area contributed by atoms with Crippen molar-refractivity contribution in [3.05, 3.63) is 11.6 Å². The maximum Gasteiger partial charge on any atom is 0.247 e. The van der Waals surface area contributed by atoms with E-state index < -0.39 is 38.4 Å². The van der Waals surface area contributed by atoms with Crippen molar-refractivity contribution in [3.63, 3.8) is 0 Å². The first kappa shape index (κ1) is 16.8. The van der Waals surface area contributed by atoms with Gasteiger partial charge in [0.05, 0.1) is 5.75 Å². The van der Waals surface area contributed by atoms with Gasteiger partial charge in [0.15, 0.2) is 22.4 Å². The van der Waals surface area contributed by atoms with Gasteiger partial charge >= 0.3 is 0 Å². The van der Waals surface area contributed by atoms with Crippen LogP contribution in [0.15, 0.2) is 14.5 Å². The minimum absolute atomic E-state index is 0.0555. The van der Waals surface area contributed by atoms with Crippen LogP contribution in [0.25, 0.3) is 0 Å². The zero-order valence-corrected chi connectivity index (χ0v) is 12.9. The van der Waals surface area contributed by atoms with Crippen LogP contribution in [0.3, 0.4) is 0 Å². The molecule has 9 nitrogen and oxygen atoms in total. The Labute approximate surface area is 125 Å². The molecule has 2 rings (SSSR count). The van der Waals surface area contributed by atoms with Gasteiger partial charge in [0.1, 0.15) is 8.42 Å². The lowest BCUT2D eigenvalue weighted by Gasteiger charge is -2.26. The van der Waals surface area contributed by atoms with Gasteiger partial charge in [0, 0.05) is 11.6 Å². The molecule has 0 aromatic carbocycles. The number of rotatable bonds is 4. The van der Waals surface area contributed by atoms with Gasteiger partial charge in [-0.05, 0) is 12.5 Å². The Morgan fingerprint density at radius 2 is 2.00 bits per heavy atom. The second-order valence-corrected chi connectivity index (χ2v) is 9.68. The Morgan fingerprint density at radius 3 is 2.52 bits per heavy atom. The minimum atomic E-state index is -4.05. The van der Waals surface area contributed by atoms with Crippen LogP contribution < -0.4 is 10.5 Å². The monoisotopic (exact) mass is 358 g/mol. The standard InChI is InChI=1S/C9H14N2O7S3/c10-21(17,18)6-3-4-5(11-7(12)8(13)14)1-2-20(15,16)9(4)19-6/h3,5,7-8,11-14H,1-2H2,(H2,10,17,18). The largest absolute Gasteiger partial charge is 0.373 e. The number of nitrogens with one attached hydrogen (secondary N) is 1. The van der Waals surface area contributed by atoms with Crippen molar-refractivity contribution in [1.82, 2.24) is 5.32 Å².